The van der Waals surface area contributed by atoms with Gasteiger partial charge in [-0.05, 0) is 48.2 Å². The number of carbonyl (C=O) groups excluding carboxylic acids is 1. The summed E-state index contributed by atoms with van der Waals surface area (Å²) < 4.78 is 26.5. The zero-order chi connectivity index (χ0) is 19.1. The molecule has 6 heteroatoms. The second kappa shape index (κ2) is 8.99. The molecule has 0 amide bonds. The van der Waals surface area contributed by atoms with Crippen LogP contribution in [0, 0.1) is 0 Å². The zero-order valence-electron chi connectivity index (χ0n) is 15.8. The standard InChI is InChI=1S/C20H24O6/c1-13(21)26-20-18(24-4)11-15(12-19(20)25-5)7-6-14-8-9-16(22-2)17(10-14)23-3/h8-12H,6-7H2,1-5H3. The molecule has 2 aromatic carbocycles. The third-order valence-corrected chi connectivity index (χ3v) is 3.92. The highest BCUT2D eigenvalue weighted by Crippen LogP contribution is 2.39. The van der Waals surface area contributed by atoms with E-state index >= 15 is 0 Å². The summed E-state index contributed by atoms with van der Waals surface area (Å²) in [6.45, 7) is 1.34. The van der Waals surface area contributed by atoms with Crippen LogP contribution in [0.5, 0.6) is 28.7 Å². The van der Waals surface area contributed by atoms with Crippen molar-refractivity contribution in [3.8, 4) is 28.7 Å². The molecule has 6 nitrogen and oxygen atoms in total. The Bertz CT molecular complexity index is 744. The van der Waals surface area contributed by atoms with Crippen LogP contribution in [-0.2, 0) is 17.6 Å². The Labute approximate surface area is 153 Å². The van der Waals surface area contributed by atoms with Crippen LogP contribution >= 0.6 is 0 Å². The summed E-state index contributed by atoms with van der Waals surface area (Å²) in [4.78, 5) is 11.3. The normalized spacial score (nSPS) is 10.2. The number of ether oxygens (including phenoxy) is 5. The highest BCUT2D eigenvalue weighted by molar-refractivity contribution is 5.72. The fourth-order valence-corrected chi connectivity index (χ4v) is 2.65. The van der Waals surface area contributed by atoms with E-state index in [1.165, 1.54) is 21.1 Å². The highest BCUT2D eigenvalue weighted by atomic mass is 16.6. The molecule has 0 saturated heterocycles. The van der Waals surface area contributed by atoms with E-state index < -0.39 is 5.97 Å². The van der Waals surface area contributed by atoms with Crippen LogP contribution in [-0.4, -0.2) is 34.4 Å². The SMILES string of the molecule is COc1ccc(CCc2cc(OC)c(OC(C)=O)c(OC)c2)cc1OC. The Morgan fingerprint density at radius 1 is 0.731 bits per heavy atom. The van der Waals surface area contributed by atoms with Crippen molar-refractivity contribution in [2.75, 3.05) is 28.4 Å². The quantitative estimate of drug-likeness (QED) is 0.531. The van der Waals surface area contributed by atoms with Crippen molar-refractivity contribution in [3.63, 3.8) is 0 Å². The Morgan fingerprint density at radius 3 is 1.73 bits per heavy atom. The van der Waals surface area contributed by atoms with Gasteiger partial charge in [-0.1, -0.05) is 6.07 Å². The lowest BCUT2D eigenvalue weighted by Gasteiger charge is -2.15. The summed E-state index contributed by atoms with van der Waals surface area (Å²) >= 11 is 0. The van der Waals surface area contributed by atoms with Gasteiger partial charge in [-0.25, -0.2) is 0 Å². The second-order valence-electron chi connectivity index (χ2n) is 5.61. The fraction of sp³-hybridized carbons (Fsp3) is 0.350. The number of carbonyl (C=O) groups is 1. The predicted octanol–water partition coefficient (Wildman–Crippen LogP) is 3.43. The minimum absolute atomic E-state index is 0.289. The van der Waals surface area contributed by atoms with Crippen LogP contribution in [0.15, 0.2) is 30.3 Å². The number of hydrogen-bond acceptors (Lipinski definition) is 6. The second-order valence-corrected chi connectivity index (χ2v) is 5.61. The van der Waals surface area contributed by atoms with Gasteiger partial charge >= 0.3 is 5.97 Å². The topological polar surface area (TPSA) is 63.2 Å². The van der Waals surface area contributed by atoms with E-state index in [4.69, 9.17) is 23.7 Å². The third kappa shape index (κ3) is 4.59. The lowest BCUT2D eigenvalue weighted by atomic mass is 10.0. The number of rotatable bonds is 8. The van der Waals surface area contributed by atoms with Crippen molar-refractivity contribution < 1.29 is 28.5 Å². The van der Waals surface area contributed by atoms with E-state index in [0.29, 0.717) is 23.0 Å². The van der Waals surface area contributed by atoms with Crippen LogP contribution in [0.2, 0.25) is 0 Å². The van der Waals surface area contributed by atoms with Crippen molar-refractivity contribution in [2.45, 2.75) is 19.8 Å². The smallest absolute Gasteiger partial charge is 0.308 e. The molecule has 0 aliphatic carbocycles. The predicted molar refractivity (Wildman–Crippen MR) is 97.8 cm³/mol. The molecular weight excluding hydrogens is 336 g/mol. The average Bonchev–Trinajstić information content (AvgIpc) is 2.66. The molecule has 0 unspecified atom stereocenters. The molecule has 2 rings (SSSR count). The van der Waals surface area contributed by atoms with Gasteiger partial charge in [0.15, 0.2) is 23.0 Å². The summed E-state index contributed by atoms with van der Waals surface area (Å²) in [6.07, 6.45) is 1.54. The molecule has 0 aliphatic heterocycles. The van der Waals surface area contributed by atoms with E-state index in [1.54, 1.807) is 14.2 Å². The summed E-state index contributed by atoms with van der Waals surface area (Å²) in [7, 11) is 6.28. The number of esters is 1. The highest BCUT2D eigenvalue weighted by Gasteiger charge is 2.16. The van der Waals surface area contributed by atoms with E-state index in [2.05, 4.69) is 0 Å². The van der Waals surface area contributed by atoms with Crippen LogP contribution in [0.3, 0.4) is 0 Å². The van der Waals surface area contributed by atoms with Gasteiger partial charge in [0.1, 0.15) is 0 Å². The fourth-order valence-electron chi connectivity index (χ4n) is 2.65. The van der Waals surface area contributed by atoms with Gasteiger partial charge in [-0.3, -0.25) is 4.79 Å². The molecule has 2 aromatic rings. The molecule has 26 heavy (non-hydrogen) atoms. The van der Waals surface area contributed by atoms with Crippen LogP contribution in [0.1, 0.15) is 18.1 Å². The molecule has 0 fully saturated rings. The summed E-state index contributed by atoms with van der Waals surface area (Å²) in [5, 5.41) is 0. The number of benzene rings is 2. The van der Waals surface area contributed by atoms with Crippen molar-refractivity contribution in [3.05, 3.63) is 41.5 Å². The Hall–Kier alpha value is -2.89. The minimum atomic E-state index is -0.431. The average molecular weight is 360 g/mol. The minimum Gasteiger partial charge on any atom is -0.493 e. The molecule has 0 spiro atoms. The monoisotopic (exact) mass is 360 g/mol. The molecule has 0 bridgehead atoms. The van der Waals surface area contributed by atoms with Crippen molar-refractivity contribution in [2.24, 2.45) is 0 Å². The molecule has 0 N–H and O–H groups in total. The molecule has 0 radical (unpaired) electrons. The first-order valence-electron chi connectivity index (χ1n) is 8.16. The largest absolute Gasteiger partial charge is 0.493 e. The number of methoxy groups -OCH3 is 4. The van der Waals surface area contributed by atoms with Crippen LogP contribution in [0.25, 0.3) is 0 Å². The molecule has 140 valence electrons. The molecule has 0 aromatic heterocycles. The number of hydrogen-bond donors (Lipinski definition) is 0. The first-order chi connectivity index (χ1) is 12.5. The molecular formula is C20H24O6. The van der Waals surface area contributed by atoms with Crippen molar-refractivity contribution >= 4 is 5.97 Å². The van der Waals surface area contributed by atoms with Gasteiger partial charge in [0, 0.05) is 6.92 Å². The lowest BCUT2D eigenvalue weighted by Crippen LogP contribution is -2.05. The summed E-state index contributed by atoms with van der Waals surface area (Å²) in [5.41, 5.74) is 2.12. The maximum absolute atomic E-state index is 11.3. The van der Waals surface area contributed by atoms with Gasteiger partial charge in [0.2, 0.25) is 5.75 Å². The van der Waals surface area contributed by atoms with E-state index in [-0.39, 0.29) is 5.75 Å². The van der Waals surface area contributed by atoms with Crippen molar-refractivity contribution in [1.29, 1.82) is 0 Å². The third-order valence-electron chi connectivity index (χ3n) is 3.92. The summed E-state index contributed by atoms with van der Waals surface area (Å²) in [5.74, 6) is 2.18. The molecule has 0 heterocycles. The first-order valence-corrected chi connectivity index (χ1v) is 8.16. The summed E-state index contributed by atoms with van der Waals surface area (Å²) in [6, 6.07) is 9.55. The van der Waals surface area contributed by atoms with Gasteiger partial charge in [0.05, 0.1) is 28.4 Å². The number of aryl methyl sites for hydroxylation is 2. The van der Waals surface area contributed by atoms with Gasteiger partial charge < -0.3 is 23.7 Å². The van der Waals surface area contributed by atoms with E-state index in [1.807, 2.05) is 30.3 Å². The Balaban J connectivity index is 2.23. The Morgan fingerprint density at radius 2 is 1.23 bits per heavy atom. The van der Waals surface area contributed by atoms with Crippen LogP contribution in [0.4, 0.5) is 0 Å². The molecule has 0 aliphatic rings. The van der Waals surface area contributed by atoms with E-state index in [0.717, 1.165) is 24.0 Å². The van der Waals surface area contributed by atoms with Crippen LogP contribution < -0.4 is 23.7 Å². The van der Waals surface area contributed by atoms with Gasteiger partial charge in [-0.2, -0.15) is 0 Å². The maximum atomic E-state index is 11.3. The van der Waals surface area contributed by atoms with Gasteiger partial charge in [-0.15, -0.1) is 0 Å². The Kier molecular flexibility index (Phi) is 6.72. The lowest BCUT2D eigenvalue weighted by molar-refractivity contribution is -0.132. The van der Waals surface area contributed by atoms with E-state index in [9.17, 15) is 4.79 Å². The van der Waals surface area contributed by atoms with Gasteiger partial charge in [0.25, 0.3) is 0 Å². The molecule has 0 saturated carbocycles. The van der Waals surface area contributed by atoms with Crippen molar-refractivity contribution in [1.82, 2.24) is 0 Å². The first kappa shape index (κ1) is 19.4. The molecule has 0 atom stereocenters. The zero-order valence-corrected chi connectivity index (χ0v) is 15.8. The maximum Gasteiger partial charge on any atom is 0.308 e.